The van der Waals surface area contributed by atoms with Crippen molar-refractivity contribution in [1.82, 2.24) is 10.2 Å². The average molecular weight is 397 g/mol. The molecule has 156 valence electrons. The topological polar surface area (TPSA) is 58.6 Å². The summed E-state index contributed by atoms with van der Waals surface area (Å²) in [5.41, 5.74) is 2.18. The Bertz CT molecular complexity index is 786. The molecule has 5 nitrogen and oxygen atoms in total. The van der Waals surface area contributed by atoms with Gasteiger partial charge in [-0.25, -0.2) is 0 Å². The number of ether oxygens (including phenoxy) is 1. The number of amides is 2. The van der Waals surface area contributed by atoms with E-state index >= 15 is 0 Å². The van der Waals surface area contributed by atoms with Crippen molar-refractivity contribution in [2.45, 2.75) is 59.2 Å². The average Bonchev–Trinajstić information content (AvgIpc) is 2.70. The second-order valence-corrected chi connectivity index (χ2v) is 7.86. The standard InChI is InChI=1S/C24H32N2O3/c1-17(2)21-11-13-22(14-12-21)29-16-23(27)26(15-20-9-7-6-8-10-20)19(5)24(28)25-18(3)4/h6-14,17-19H,15-16H2,1-5H3,(H,25,28)/t19-/m1/s1. The van der Waals surface area contributed by atoms with E-state index in [4.69, 9.17) is 4.74 Å². The van der Waals surface area contributed by atoms with Gasteiger partial charge in [0.05, 0.1) is 0 Å². The molecular formula is C24H32N2O3. The van der Waals surface area contributed by atoms with Crippen molar-refractivity contribution in [3.63, 3.8) is 0 Å². The molecule has 0 aliphatic rings. The van der Waals surface area contributed by atoms with Gasteiger partial charge >= 0.3 is 0 Å². The molecule has 0 heterocycles. The molecule has 29 heavy (non-hydrogen) atoms. The van der Waals surface area contributed by atoms with Crippen molar-refractivity contribution in [2.75, 3.05) is 6.61 Å². The van der Waals surface area contributed by atoms with Crippen LogP contribution in [0.25, 0.3) is 0 Å². The Hall–Kier alpha value is -2.82. The fraction of sp³-hybridized carbons (Fsp3) is 0.417. The van der Waals surface area contributed by atoms with Crippen LogP contribution >= 0.6 is 0 Å². The molecule has 0 aliphatic heterocycles. The Morgan fingerprint density at radius 2 is 1.55 bits per heavy atom. The quantitative estimate of drug-likeness (QED) is 0.693. The molecule has 0 radical (unpaired) electrons. The molecule has 0 aliphatic carbocycles. The van der Waals surface area contributed by atoms with Crippen molar-refractivity contribution in [3.05, 3.63) is 65.7 Å². The predicted molar refractivity (Wildman–Crippen MR) is 116 cm³/mol. The second-order valence-electron chi connectivity index (χ2n) is 7.86. The van der Waals surface area contributed by atoms with Crippen LogP contribution in [0.4, 0.5) is 0 Å². The number of carbonyl (C=O) groups is 2. The molecule has 0 bridgehead atoms. The van der Waals surface area contributed by atoms with Crippen LogP contribution in [0.5, 0.6) is 5.75 Å². The van der Waals surface area contributed by atoms with Crippen molar-refractivity contribution in [2.24, 2.45) is 0 Å². The lowest BCUT2D eigenvalue weighted by Gasteiger charge is -2.29. The molecule has 2 aromatic carbocycles. The van der Waals surface area contributed by atoms with E-state index in [2.05, 4.69) is 19.2 Å². The van der Waals surface area contributed by atoms with Gasteiger partial charge in [-0.05, 0) is 49.9 Å². The minimum atomic E-state index is -0.600. The summed E-state index contributed by atoms with van der Waals surface area (Å²) in [7, 11) is 0. The number of nitrogens with one attached hydrogen (secondary N) is 1. The van der Waals surface area contributed by atoms with Gasteiger partial charge in [0.1, 0.15) is 11.8 Å². The third kappa shape index (κ3) is 6.93. The summed E-state index contributed by atoms with van der Waals surface area (Å²) < 4.78 is 5.71. The first-order valence-corrected chi connectivity index (χ1v) is 10.1. The van der Waals surface area contributed by atoms with Crippen LogP contribution in [0.3, 0.4) is 0 Å². The highest BCUT2D eigenvalue weighted by molar-refractivity contribution is 5.88. The van der Waals surface area contributed by atoms with E-state index in [0.29, 0.717) is 18.2 Å². The maximum Gasteiger partial charge on any atom is 0.261 e. The summed E-state index contributed by atoms with van der Waals surface area (Å²) in [5.74, 6) is 0.674. The van der Waals surface area contributed by atoms with Crippen LogP contribution in [0.1, 0.15) is 51.7 Å². The van der Waals surface area contributed by atoms with E-state index in [1.807, 2.05) is 68.4 Å². The Balaban J connectivity index is 2.09. The molecule has 0 spiro atoms. The van der Waals surface area contributed by atoms with Crippen LogP contribution in [0, 0.1) is 0 Å². The highest BCUT2D eigenvalue weighted by atomic mass is 16.5. The van der Waals surface area contributed by atoms with Crippen LogP contribution in [0.2, 0.25) is 0 Å². The minimum absolute atomic E-state index is 0.00866. The van der Waals surface area contributed by atoms with E-state index in [0.717, 1.165) is 5.56 Å². The number of rotatable bonds is 9. The lowest BCUT2D eigenvalue weighted by molar-refractivity contribution is -0.142. The van der Waals surface area contributed by atoms with E-state index < -0.39 is 6.04 Å². The SMILES string of the molecule is CC(C)NC(=O)[C@@H](C)N(Cc1ccccc1)C(=O)COc1ccc(C(C)C)cc1. The van der Waals surface area contributed by atoms with Crippen molar-refractivity contribution < 1.29 is 14.3 Å². The Morgan fingerprint density at radius 3 is 2.10 bits per heavy atom. The molecule has 0 aromatic heterocycles. The first kappa shape index (κ1) is 22.5. The summed E-state index contributed by atoms with van der Waals surface area (Å²) in [4.78, 5) is 27.0. The molecule has 1 N–H and O–H groups in total. The smallest absolute Gasteiger partial charge is 0.261 e. The zero-order chi connectivity index (χ0) is 21.4. The molecule has 2 aromatic rings. The Kier molecular flexibility index (Phi) is 8.25. The molecule has 0 unspecified atom stereocenters. The van der Waals surface area contributed by atoms with E-state index in [1.165, 1.54) is 5.56 Å². The minimum Gasteiger partial charge on any atom is -0.484 e. The van der Waals surface area contributed by atoms with Gasteiger partial charge in [0.15, 0.2) is 6.61 Å². The van der Waals surface area contributed by atoms with Gasteiger partial charge in [0.25, 0.3) is 5.91 Å². The number of carbonyl (C=O) groups excluding carboxylic acids is 2. The van der Waals surface area contributed by atoms with Gasteiger partial charge in [-0.15, -0.1) is 0 Å². The van der Waals surface area contributed by atoms with E-state index in [-0.39, 0.29) is 24.5 Å². The van der Waals surface area contributed by atoms with Gasteiger partial charge in [-0.1, -0.05) is 56.3 Å². The molecule has 2 amide bonds. The molecule has 5 heteroatoms. The van der Waals surface area contributed by atoms with Crippen LogP contribution in [0.15, 0.2) is 54.6 Å². The van der Waals surface area contributed by atoms with Crippen molar-refractivity contribution in [3.8, 4) is 5.75 Å². The third-order valence-corrected chi connectivity index (χ3v) is 4.70. The van der Waals surface area contributed by atoms with Crippen LogP contribution in [-0.2, 0) is 16.1 Å². The second kappa shape index (κ2) is 10.6. The summed E-state index contributed by atoms with van der Waals surface area (Å²) in [6.45, 7) is 10.0. The first-order chi connectivity index (χ1) is 13.8. The fourth-order valence-electron chi connectivity index (χ4n) is 2.94. The normalized spacial score (nSPS) is 12.0. The van der Waals surface area contributed by atoms with Gasteiger partial charge in [-0.3, -0.25) is 9.59 Å². The first-order valence-electron chi connectivity index (χ1n) is 10.1. The lowest BCUT2D eigenvalue weighted by atomic mass is 10.0. The molecular weight excluding hydrogens is 364 g/mol. The molecule has 0 saturated heterocycles. The number of benzene rings is 2. The molecule has 2 rings (SSSR count). The highest BCUT2D eigenvalue weighted by Gasteiger charge is 2.26. The van der Waals surface area contributed by atoms with Gasteiger partial charge < -0.3 is 15.0 Å². The van der Waals surface area contributed by atoms with Gasteiger partial charge in [0.2, 0.25) is 5.91 Å². The number of hydrogen-bond acceptors (Lipinski definition) is 3. The largest absolute Gasteiger partial charge is 0.484 e. The molecule has 0 saturated carbocycles. The zero-order valence-corrected chi connectivity index (χ0v) is 18.0. The maximum atomic E-state index is 12.9. The summed E-state index contributed by atoms with van der Waals surface area (Å²) in [6, 6.07) is 16.8. The summed E-state index contributed by atoms with van der Waals surface area (Å²) in [6.07, 6.45) is 0. The lowest BCUT2D eigenvalue weighted by Crippen LogP contribution is -2.50. The number of nitrogens with zero attached hydrogens (tertiary/aromatic N) is 1. The van der Waals surface area contributed by atoms with Gasteiger partial charge in [0, 0.05) is 12.6 Å². The van der Waals surface area contributed by atoms with Gasteiger partial charge in [-0.2, -0.15) is 0 Å². The van der Waals surface area contributed by atoms with E-state index in [1.54, 1.807) is 11.8 Å². The zero-order valence-electron chi connectivity index (χ0n) is 18.0. The van der Waals surface area contributed by atoms with E-state index in [9.17, 15) is 9.59 Å². The Labute approximate surface area is 174 Å². The monoisotopic (exact) mass is 396 g/mol. The third-order valence-electron chi connectivity index (χ3n) is 4.70. The number of hydrogen-bond donors (Lipinski definition) is 1. The van der Waals surface area contributed by atoms with Crippen LogP contribution < -0.4 is 10.1 Å². The predicted octanol–water partition coefficient (Wildman–Crippen LogP) is 4.13. The van der Waals surface area contributed by atoms with Crippen molar-refractivity contribution in [1.29, 1.82) is 0 Å². The van der Waals surface area contributed by atoms with Crippen molar-refractivity contribution >= 4 is 11.8 Å². The summed E-state index contributed by atoms with van der Waals surface area (Å²) in [5, 5.41) is 2.88. The fourth-order valence-corrected chi connectivity index (χ4v) is 2.94. The van der Waals surface area contributed by atoms with Crippen LogP contribution in [-0.4, -0.2) is 35.4 Å². The molecule has 0 fully saturated rings. The highest BCUT2D eigenvalue weighted by Crippen LogP contribution is 2.19. The maximum absolute atomic E-state index is 12.9. The molecule has 1 atom stereocenters. The Morgan fingerprint density at radius 1 is 0.931 bits per heavy atom. The summed E-state index contributed by atoms with van der Waals surface area (Å²) >= 11 is 0.